The van der Waals surface area contributed by atoms with Gasteiger partial charge in [0.1, 0.15) is 0 Å². The van der Waals surface area contributed by atoms with Crippen molar-refractivity contribution in [1.29, 1.82) is 0 Å². The van der Waals surface area contributed by atoms with Crippen molar-refractivity contribution in [3.8, 4) is 11.5 Å². The fourth-order valence-electron chi connectivity index (χ4n) is 5.44. The Morgan fingerprint density at radius 2 is 1.83 bits per heavy atom. The van der Waals surface area contributed by atoms with Crippen LogP contribution in [0.25, 0.3) is 6.08 Å². The summed E-state index contributed by atoms with van der Waals surface area (Å²) in [5.41, 5.74) is 3.95. The highest BCUT2D eigenvalue weighted by Crippen LogP contribution is 2.50. The molecule has 188 valence electrons. The minimum atomic E-state index is -0.774. The number of aryl methyl sites for hydroxylation is 2. The molecule has 1 aliphatic heterocycles. The lowest BCUT2D eigenvalue weighted by Gasteiger charge is -2.39. The van der Waals surface area contributed by atoms with Crippen LogP contribution >= 0.6 is 0 Å². The summed E-state index contributed by atoms with van der Waals surface area (Å²) < 4.78 is 12.9. The van der Waals surface area contributed by atoms with Gasteiger partial charge in [0.2, 0.25) is 0 Å². The van der Waals surface area contributed by atoms with Crippen molar-refractivity contribution in [2.75, 3.05) is 14.1 Å². The molecule has 1 unspecified atom stereocenters. The largest absolute Gasteiger partial charge is 0.448 e. The molecule has 1 saturated carbocycles. The Hall–Kier alpha value is -3.06. The van der Waals surface area contributed by atoms with Gasteiger partial charge < -0.3 is 24.7 Å². The van der Waals surface area contributed by atoms with Gasteiger partial charge in [-0.3, -0.25) is 9.59 Å². The van der Waals surface area contributed by atoms with E-state index < -0.39 is 5.79 Å². The molecule has 2 heterocycles. The van der Waals surface area contributed by atoms with E-state index in [1.807, 2.05) is 33.8 Å². The molecular weight excluding hydrogens is 442 g/mol. The van der Waals surface area contributed by atoms with Crippen LogP contribution in [-0.2, 0) is 6.54 Å². The second kappa shape index (κ2) is 9.53. The zero-order chi connectivity index (χ0) is 25.5. The van der Waals surface area contributed by atoms with Gasteiger partial charge in [0.15, 0.2) is 11.5 Å². The summed E-state index contributed by atoms with van der Waals surface area (Å²) in [5.74, 6) is 0.475. The highest BCUT2D eigenvalue weighted by molar-refractivity contribution is 5.97. The molecule has 1 fully saturated rings. The van der Waals surface area contributed by atoms with E-state index in [1.165, 1.54) is 0 Å². The SMILES string of the molecule is C=Cc1cc(C(=O)NCc2c(C)cc(C)[nH]c2=O)c(C)c2c1OC(C)([C@H]1CC[C@H](N(C)C)CC1)O2. The molecule has 0 bridgehead atoms. The Morgan fingerprint density at radius 1 is 1.17 bits per heavy atom. The fourth-order valence-corrected chi connectivity index (χ4v) is 5.44. The maximum absolute atomic E-state index is 13.2. The molecule has 1 amide bonds. The smallest absolute Gasteiger partial charge is 0.253 e. The predicted octanol–water partition coefficient (Wildman–Crippen LogP) is 4.48. The summed E-state index contributed by atoms with van der Waals surface area (Å²) in [5, 5.41) is 2.90. The number of nitrogens with one attached hydrogen (secondary N) is 2. The number of hydrogen-bond acceptors (Lipinski definition) is 5. The number of ether oxygens (including phenoxy) is 2. The molecule has 35 heavy (non-hydrogen) atoms. The molecule has 1 aromatic heterocycles. The number of fused-ring (bicyclic) bond motifs is 1. The number of carbonyl (C=O) groups excluding carboxylic acids is 1. The van der Waals surface area contributed by atoms with Gasteiger partial charge >= 0.3 is 0 Å². The topological polar surface area (TPSA) is 83.7 Å². The highest BCUT2D eigenvalue weighted by Gasteiger charge is 2.47. The summed E-state index contributed by atoms with van der Waals surface area (Å²) >= 11 is 0. The quantitative estimate of drug-likeness (QED) is 0.638. The van der Waals surface area contributed by atoms with Crippen LogP contribution < -0.4 is 20.3 Å². The maximum Gasteiger partial charge on any atom is 0.253 e. The van der Waals surface area contributed by atoms with Crippen molar-refractivity contribution in [2.45, 2.75) is 71.8 Å². The van der Waals surface area contributed by atoms with Crippen LogP contribution in [0.5, 0.6) is 11.5 Å². The molecule has 2 aromatic rings. The van der Waals surface area contributed by atoms with Gasteiger partial charge in [-0.15, -0.1) is 0 Å². The van der Waals surface area contributed by atoms with E-state index in [4.69, 9.17) is 9.47 Å². The van der Waals surface area contributed by atoms with Crippen molar-refractivity contribution in [3.05, 3.63) is 62.6 Å². The number of aromatic amines is 1. The lowest BCUT2D eigenvalue weighted by molar-refractivity contribution is -0.123. The molecule has 2 aliphatic rings. The second-order valence-corrected chi connectivity index (χ2v) is 10.3. The molecule has 7 nitrogen and oxygen atoms in total. The van der Waals surface area contributed by atoms with E-state index in [0.717, 1.165) is 48.1 Å². The van der Waals surface area contributed by atoms with Crippen LogP contribution in [0, 0.1) is 26.7 Å². The van der Waals surface area contributed by atoms with Crippen LogP contribution in [0.1, 0.15) is 70.9 Å². The minimum absolute atomic E-state index is 0.143. The van der Waals surface area contributed by atoms with E-state index in [9.17, 15) is 9.59 Å². The third-order valence-electron chi connectivity index (χ3n) is 7.67. The zero-order valence-corrected chi connectivity index (χ0v) is 21.7. The first-order valence-corrected chi connectivity index (χ1v) is 12.4. The third-order valence-corrected chi connectivity index (χ3v) is 7.67. The molecule has 2 N–H and O–H groups in total. The third kappa shape index (κ3) is 4.74. The van der Waals surface area contributed by atoms with Gasteiger partial charge in [-0.2, -0.15) is 0 Å². The molecule has 1 atom stereocenters. The van der Waals surface area contributed by atoms with Gasteiger partial charge in [-0.1, -0.05) is 12.7 Å². The first-order valence-electron chi connectivity index (χ1n) is 12.4. The second-order valence-electron chi connectivity index (χ2n) is 10.3. The number of hydrogen-bond donors (Lipinski definition) is 2. The average Bonchev–Trinajstić information content (AvgIpc) is 3.18. The Kier molecular flexibility index (Phi) is 6.82. The number of pyridine rings is 1. The standard InChI is InChI=1S/C28H37N3O4/c1-8-19-14-22(26(32)29-15-23-16(2)13-17(3)30-27(23)33)18(4)24-25(19)35-28(5,34-24)20-9-11-21(12-10-20)31(6)7/h8,13-14,20-21H,1,9-12,15H2,2-7H3,(H,29,32)(H,30,33)/t20-,21-,28?. The summed E-state index contributed by atoms with van der Waals surface area (Å²) in [6.07, 6.45) is 5.95. The van der Waals surface area contributed by atoms with Crippen LogP contribution in [0.4, 0.5) is 0 Å². The van der Waals surface area contributed by atoms with E-state index >= 15 is 0 Å². The molecular formula is C28H37N3O4. The van der Waals surface area contributed by atoms with Crippen LogP contribution in [0.2, 0.25) is 0 Å². The average molecular weight is 480 g/mol. The Labute approximate surface area is 207 Å². The molecule has 1 aliphatic carbocycles. The first-order chi connectivity index (χ1) is 16.5. The van der Waals surface area contributed by atoms with Gasteiger partial charge in [-0.25, -0.2) is 0 Å². The van der Waals surface area contributed by atoms with E-state index in [2.05, 4.69) is 35.9 Å². The summed E-state index contributed by atoms with van der Waals surface area (Å²) in [7, 11) is 4.27. The van der Waals surface area contributed by atoms with Crippen molar-refractivity contribution in [3.63, 3.8) is 0 Å². The Balaban J connectivity index is 1.56. The molecule has 0 radical (unpaired) electrons. The van der Waals surface area contributed by atoms with E-state index in [-0.39, 0.29) is 23.9 Å². The zero-order valence-electron chi connectivity index (χ0n) is 21.7. The number of benzene rings is 1. The van der Waals surface area contributed by atoms with E-state index in [1.54, 1.807) is 12.1 Å². The van der Waals surface area contributed by atoms with Gasteiger partial charge in [0, 0.05) is 53.4 Å². The van der Waals surface area contributed by atoms with Crippen molar-refractivity contribution < 1.29 is 14.3 Å². The summed E-state index contributed by atoms with van der Waals surface area (Å²) in [4.78, 5) is 30.6. The Morgan fingerprint density at radius 3 is 2.43 bits per heavy atom. The molecule has 7 heteroatoms. The first kappa shape index (κ1) is 25.0. The molecule has 0 saturated heterocycles. The minimum Gasteiger partial charge on any atom is -0.448 e. The van der Waals surface area contributed by atoms with Crippen molar-refractivity contribution in [1.82, 2.24) is 15.2 Å². The fraction of sp³-hybridized carbons (Fsp3) is 0.500. The summed E-state index contributed by atoms with van der Waals surface area (Å²) in [6, 6.07) is 4.28. The lowest BCUT2D eigenvalue weighted by Crippen LogP contribution is -2.46. The highest BCUT2D eigenvalue weighted by atomic mass is 16.7. The number of rotatable bonds is 6. The van der Waals surface area contributed by atoms with Crippen LogP contribution in [0.3, 0.4) is 0 Å². The van der Waals surface area contributed by atoms with Gasteiger partial charge in [-0.05, 0) is 78.2 Å². The van der Waals surface area contributed by atoms with Gasteiger partial charge in [0.05, 0.1) is 0 Å². The lowest BCUT2D eigenvalue weighted by atomic mass is 9.81. The predicted molar refractivity (Wildman–Crippen MR) is 138 cm³/mol. The molecule has 0 spiro atoms. The van der Waals surface area contributed by atoms with Crippen molar-refractivity contribution in [2.24, 2.45) is 5.92 Å². The normalized spacial score (nSPS) is 23.4. The number of H-pyrrole nitrogens is 1. The number of nitrogens with zero attached hydrogens (tertiary/aromatic N) is 1. The Bertz CT molecular complexity index is 1210. The monoisotopic (exact) mass is 479 g/mol. The number of carbonyl (C=O) groups is 1. The van der Waals surface area contributed by atoms with Crippen LogP contribution in [-0.4, -0.2) is 41.7 Å². The molecule has 1 aromatic carbocycles. The molecule has 4 rings (SSSR count). The number of amides is 1. The number of aromatic nitrogens is 1. The van der Waals surface area contributed by atoms with E-state index in [0.29, 0.717) is 28.7 Å². The summed E-state index contributed by atoms with van der Waals surface area (Å²) in [6.45, 7) is 11.7. The van der Waals surface area contributed by atoms with Gasteiger partial charge in [0.25, 0.3) is 17.3 Å². The maximum atomic E-state index is 13.2. The van der Waals surface area contributed by atoms with Crippen molar-refractivity contribution >= 4 is 12.0 Å². The van der Waals surface area contributed by atoms with Crippen LogP contribution in [0.15, 0.2) is 23.5 Å².